The number of alkyl halides is 1. The monoisotopic (exact) mass is 246 g/mol. The zero-order chi connectivity index (χ0) is 8.97. The summed E-state index contributed by atoms with van der Waals surface area (Å²) in [6.45, 7) is 2.15. The van der Waals surface area contributed by atoms with E-state index in [2.05, 4.69) is 35.0 Å². The van der Waals surface area contributed by atoms with Gasteiger partial charge in [0.25, 0.3) is 0 Å². The van der Waals surface area contributed by atoms with Gasteiger partial charge in [-0.25, -0.2) is 0 Å². The summed E-state index contributed by atoms with van der Waals surface area (Å²) in [6, 6.07) is 8.19. The molecule has 1 aromatic carbocycles. The molecule has 0 bridgehead atoms. The minimum Gasteiger partial charge on any atom is -0.118 e. The quantitative estimate of drug-likeness (QED) is 0.689. The molecule has 0 aromatic heterocycles. The van der Waals surface area contributed by atoms with Crippen LogP contribution in [-0.2, 0) is 0 Å². The van der Waals surface area contributed by atoms with E-state index in [-0.39, 0.29) is 5.38 Å². The van der Waals surface area contributed by atoms with Crippen molar-refractivity contribution < 1.29 is 0 Å². The maximum atomic E-state index is 6.14. The molecule has 0 spiro atoms. The van der Waals surface area contributed by atoms with Gasteiger partial charge in [-0.15, -0.1) is 11.6 Å². The maximum Gasteiger partial charge on any atom is 0.0585 e. The number of rotatable bonds is 3. The molecule has 12 heavy (non-hydrogen) atoms. The van der Waals surface area contributed by atoms with Crippen molar-refractivity contribution in [2.75, 3.05) is 0 Å². The SMILES string of the molecule is CCCC(Cl)c1ccc(Br)cc1. The third-order valence-corrected chi connectivity index (χ3v) is 2.77. The lowest BCUT2D eigenvalue weighted by Gasteiger charge is -2.07. The second-order valence-corrected chi connectivity index (χ2v) is 4.25. The Kier molecular flexibility index (Phi) is 4.10. The lowest BCUT2D eigenvalue weighted by Crippen LogP contribution is -1.88. The van der Waals surface area contributed by atoms with Crippen molar-refractivity contribution in [3.05, 3.63) is 34.3 Å². The maximum absolute atomic E-state index is 6.14. The predicted octanol–water partition coefficient (Wildman–Crippen LogP) is 4.53. The molecule has 0 saturated carbocycles. The van der Waals surface area contributed by atoms with Crippen LogP contribution in [0.15, 0.2) is 28.7 Å². The molecule has 0 aliphatic rings. The Labute approximate surface area is 87.1 Å². The van der Waals surface area contributed by atoms with Gasteiger partial charge in [0.2, 0.25) is 0 Å². The van der Waals surface area contributed by atoms with Crippen molar-refractivity contribution in [3.8, 4) is 0 Å². The standard InChI is InChI=1S/C10H12BrCl/c1-2-3-10(12)8-4-6-9(11)7-5-8/h4-7,10H,2-3H2,1H3. The summed E-state index contributed by atoms with van der Waals surface area (Å²) in [5.41, 5.74) is 1.21. The summed E-state index contributed by atoms with van der Waals surface area (Å²) in [7, 11) is 0. The zero-order valence-corrected chi connectivity index (χ0v) is 9.40. The third kappa shape index (κ3) is 2.80. The number of hydrogen-bond donors (Lipinski definition) is 0. The Morgan fingerprint density at radius 3 is 2.42 bits per heavy atom. The summed E-state index contributed by atoms with van der Waals surface area (Å²) in [5.74, 6) is 0. The van der Waals surface area contributed by atoms with Crippen molar-refractivity contribution >= 4 is 27.5 Å². The molecule has 0 radical (unpaired) electrons. The molecule has 0 aliphatic heterocycles. The molecular weight excluding hydrogens is 235 g/mol. The molecule has 0 fully saturated rings. The van der Waals surface area contributed by atoms with E-state index >= 15 is 0 Å². The Morgan fingerprint density at radius 2 is 1.92 bits per heavy atom. The third-order valence-electron chi connectivity index (χ3n) is 1.77. The summed E-state index contributed by atoms with van der Waals surface area (Å²) in [4.78, 5) is 0. The molecule has 0 aliphatic carbocycles. The van der Waals surface area contributed by atoms with Crippen molar-refractivity contribution in [2.45, 2.75) is 25.1 Å². The van der Waals surface area contributed by atoms with Gasteiger partial charge in [-0.3, -0.25) is 0 Å². The first-order valence-electron chi connectivity index (χ1n) is 4.13. The van der Waals surface area contributed by atoms with Crippen molar-refractivity contribution in [1.82, 2.24) is 0 Å². The van der Waals surface area contributed by atoms with Crippen LogP contribution in [0.1, 0.15) is 30.7 Å². The molecule has 1 unspecified atom stereocenters. The van der Waals surface area contributed by atoms with E-state index in [0.29, 0.717) is 0 Å². The van der Waals surface area contributed by atoms with Crippen molar-refractivity contribution in [2.24, 2.45) is 0 Å². The Hall–Kier alpha value is -0.0100. The molecule has 0 N–H and O–H groups in total. The van der Waals surface area contributed by atoms with Gasteiger partial charge >= 0.3 is 0 Å². The summed E-state index contributed by atoms with van der Waals surface area (Å²) < 4.78 is 1.10. The molecule has 1 atom stereocenters. The molecule has 0 amide bonds. The fourth-order valence-corrected chi connectivity index (χ4v) is 1.72. The molecule has 66 valence electrons. The minimum absolute atomic E-state index is 0.170. The van der Waals surface area contributed by atoms with Gasteiger partial charge in [0.15, 0.2) is 0 Å². The molecule has 1 aromatic rings. The van der Waals surface area contributed by atoms with Crippen LogP contribution < -0.4 is 0 Å². The van der Waals surface area contributed by atoms with Gasteiger partial charge in [-0.2, -0.15) is 0 Å². The highest BCUT2D eigenvalue weighted by molar-refractivity contribution is 9.10. The fourth-order valence-electron chi connectivity index (χ4n) is 1.09. The largest absolute Gasteiger partial charge is 0.118 e. The first-order chi connectivity index (χ1) is 5.74. The molecule has 1 rings (SSSR count). The molecular formula is C10H12BrCl. The topological polar surface area (TPSA) is 0 Å². The lowest BCUT2D eigenvalue weighted by molar-refractivity contribution is 0.770. The van der Waals surface area contributed by atoms with Crippen LogP contribution in [-0.4, -0.2) is 0 Å². The van der Waals surface area contributed by atoms with Gasteiger partial charge in [-0.1, -0.05) is 41.4 Å². The van der Waals surface area contributed by atoms with Crippen LogP contribution in [0, 0.1) is 0 Å². The minimum atomic E-state index is 0.170. The lowest BCUT2D eigenvalue weighted by atomic mass is 10.1. The van der Waals surface area contributed by atoms with Crippen LogP contribution in [0.3, 0.4) is 0 Å². The van der Waals surface area contributed by atoms with Crippen LogP contribution in [0.25, 0.3) is 0 Å². The normalized spacial score (nSPS) is 12.9. The average molecular weight is 248 g/mol. The van der Waals surface area contributed by atoms with Crippen LogP contribution in [0.2, 0.25) is 0 Å². The Morgan fingerprint density at radius 1 is 1.33 bits per heavy atom. The van der Waals surface area contributed by atoms with Crippen LogP contribution in [0.5, 0.6) is 0 Å². The van der Waals surface area contributed by atoms with Gasteiger partial charge in [0.1, 0.15) is 0 Å². The molecule has 0 saturated heterocycles. The zero-order valence-electron chi connectivity index (χ0n) is 7.06. The first kappa shape index (κ1) is 10.1. The smallest absolute Gasteiger partial charge is 0.0585 e. The van der Waals surface area contributed by atoms with Crippen molar-refractivity contribution in [3.63, 3.8) is 0 Å². The van der Waals surface area contributed by atoms with E-state index in [1.54, 1.807) is 0 Å². The van der Waals surface area contributed by atoms with Crippen LogP contribution >= 0.6 is 27.5 Å². The highest BCUT2D eigenvalue weighted by Gasteiger charge is 2.04. The molecule has 2 heteroatoms. The fraction of sp³-hybridized carbons (Fsp3) is 0.400. The number of benzene rings is 1. The number of halogens is 2. The van der Waals surface area contributed by atoms with Gasteiger partial charge < -0.3 is 0 Å². The highest BCUT2D eigenvalue weighted by Crippen LogP contribution is 2.26. The van der Waals surface area contributed by atoms with Gasteiger partial charge in [0, 0.05) is 4.47 Å². The van der Waals surface area contributed by atoms with E-state index in [0.717, 1.165) is 17.3 Å². The predicted molar refractivity (Wildman–Crippen MR) is 57.6 cm³/mol. The summed E-state index contributed by atoms with van der Waals surface area (Å²) >= 11 is 9.53. The molecule has 0 nitrogen and oxygen atoms in total. The van der Waals surface area contributed by atoms with Gasteiger partial charge in [0.05, 0.1) is 5.38 Å². The van der Waals surface area contributed by atoms with E-state index in [1.807, 2.05) is 12.1 Å². The first-order valence-corrected chi connectivity index (χ1v) is 5.36. The molecule has 0 heterocycles. The van der Waals surface area contributed by atoms with E-state index in [1.165, 1.54) is 5.56 Å². The summed E-state index contributed by atoms with van der Waals surface area (Å²) in [6.07, 6.45) is 2.17. The summed E-state index contributed by atoms with van der Waals surface area (Å²) in [5, 5.41) is 0.170. The Bertz CT molecular complexity index is 230. The second kappa shape index (κ2) is 4.88. The van der Waals surface area contributed by atoms with E-state index < -0.39 is 0 Å². The highest BCUT2D eigenvalue weighted by atomic mass is 79.9. The van der Waals surface area contributed by atoms with Crippen molar-refractivity contribution in [1.29, 1.82) is 0 Å². The van der Waals surface area contributed by atoms with Gasteiger partial charge in [-0.05, 0) is 24.1 Å². The van der Waals surface area contributed by atoms with Crippen LogP contribution in [0.4, 0.5) is 0 Å². The van der Waals surface area contributed by atoms with E-state index in [4.69, 9.17) is 11.6 Å². The number of hydrogen-bond acceptors (Lipinski definition) is 0. The average Bonchev–Trinajstić information content (AvgIpc) is 2.06. The van der Waals surface area contributed by atoms with E-state index in [9.17, 15) is 0 Å². The second-order valence-electron chi connectivity index (χ2n) is 2.81. The Balaban J connectivity index is 2.68.